The molecular formula is C25H20O6. The highest BCUT2D eigenvalue weighted by atomic mass is 16.5. The number of aryl methyl sites for hydroxylation is 1. The predicted molar refractivity (Wildman–Crippen MR) is 117 cm³/mol. The SMILES string of the molecule is COc1ccc(C(=O)Oc2ccc3c(C)c(-c4ccc(OC)cc4)c(=O)oc3c2)cc1. The second-order valence-corrected chi connectivity index (χ2v) is 6.89. The van der Waals surface area contributed by atoms with Gasteiger partial charge in [-0.05, 0) is 66.6 Å². The van der Waals surface area contributed by atoms with Gasteiger partial charge in [0.25, 0.3) is 0 Å². The van der Waals surface area contributed by atoms with Gasteiger partial charge in [0.05, 0.1) is 25.3 Å². The molecule has 0 aliphatic heterocycles. The fraction of sp³-hybridized carbons (Fsp3) is 0.120. The summed E-state index contributed by atoms with van der Waals surface area (Å²) in [6.45, 7) is 1.86. The van der Waals surface area contributed by atoms with Gasteiger partial charge in [-0.1, -0.05) is 12.1 Å². The van der Waals surface area contributed by atoms with Crippen molar-refractivity contribution in [2.45, 2.75) is 6.92 Å². The van der Waals surface area contributed by atoms with Crippen molar-refractivity contribution in [3.8, 4) is 28.4 Å². The van der Waals surface area contributed by atoms with Crippen LogP contribution in [0.25, 0.3) is 22.1 Å². The van der Waals surface area contributed by atoms with Crippen molar-refractivity contribution >= 4 is 16.9 Å². The van der Waals surface area contributed by atoms with Gasteiger partial charge >= 0.3 is 11.6 Å². The average molecular weight is 416 g/mol. The average Bonchev–Trinajstić information content (AvgIpc) is 2.79. The number of hydrogen-bond donors (Lipinski definition) is 0. The topological polar surface area (TPSA) is 75.0 Å². The first kappa shape index (κ1) is 20.2. The van der Waals surface area contributed by atoms with Gasteiger partial charge in [-0.3, -0.25) is 0 Å². The van der Waals surface area contributed by atoms with Crippen molar-refractivity contribution in [2.24, 2.45) is 0 Å². The molecule has 0 spiro atoms. The summed E-state index contributed by atoms with van der Waals surface area (Å²) in [5, 5.41) is 0.759. The van der Waals surface area contributed by atoms with Crippen LogP contribution >= 0.6 is 0 Å². The second kappa shape index (κ2) is 8.36. The number of rotatable bonds is 5. The van der Waals surface area contributed by atoms with Crippen molar-refractivity contribution in [2.75, 3.05) is 14.2 Å². The summed E-state index contributed by atoms with van der Waals surface area (Å²) in [4.78, 5) is 25.1. The summed E-state index contributed by atoms with van der Waals surface area (Å²) >= 11 is 0. The number of benzene rings is 3. The highest BCUT2D eigenvalue weighted by molar-refractivity contribution is 5.92. The minimum atomic E-state index is -0.518. The molecule has 0 saturated heterocycles. The van der Waals surface area contributed by atoms with Gasteiger partial charge in [0.1, 0.15) is 22.8 Å². The zero-order chi connectivity index (χ0) is 22.0. The van der Waals surface area contributed by atoms with E-state index in [4.69, 9.17) is 18.6 Å². The lowest BCUT2D eigenvalue weighted by Crippen LogP contribution is -2.09. The molecule has 0 aliphatic carbocycles. The minimum absolute atomic E-state index is 0.285. The van der Waals surface area contributed by atoms with Crippen LogP contribution in [0.1, 0.15) is 15.9 Å². The molecule has 0 bridgehead atoms. The van der Waals surface area contributed by atoms with Crippen LogP contribution in [0.2, 0.25) is 0 Å². The Balaban J connectivity index is 1.66. The second-order valence-electron chi connectivity index (χ2n) is 6.89. The van der Waals surface area contributed by atoms with Gasteiger partial charge in [-0.25, -0.2) is 9.59 Å². The van der Waals surface area contributed by atoms with Gasteiger partial charge in [0, 0.05) is 11.5 Å². The molecule has 31 heavy (non-hydrogen) atoms. The third-order valence-corrected chi connectivity index (χ3v) is 5.05. The van der Waals surface area contributed by atoms with Crippen molar-refractivity contribution in [3.05, 3.63) is 88.3 Å². The van der Waals surface area contributed by atoms with E-state index in [2.05, 4.69) is 0 Å². The zero-order valence-electron chi connectivity index (χ0n) is 17.3. The molecule has 0 amide bonds. The van der Waals surface area contributed by atoms with Crippen LogP contribution in [0.3, 0.4) is 0 Å². The van der Waals surface area contributed by atoms with E-state index >= 15 is 0 Å². The fourth-order valence-corrected chi connectivity index (χ4v) is 3.38. The first-order valence-corrected chi connectivity index (χ1v) is 9.58. The minimum Gasteiger partial charge on any atom is -0.497 e. The molecule has 4 rings (SSSR count). The van der Waals surface area contributed by atoms with Crippen LogP contribution < -0.4 is 19.8 Å². The van der Waals surface area contributed by atoms with E-state index in [1.807, 2.05) is 19.1 Å². The Hall–Kier alpha value is -4.06. The van der Waals surface area contributed by atoms with Gasteiger partial charge in [-0.15, -0.1) is 0 Å². The van der Waals surface area contributed by atoms with Crippen molar-refractivity contribution in [1.82, 2.24) is 0 Å². The number of fused-ring (bicyclic) bond motifs is 1. The maximum atomic E-state index is 12.7. The summed E-state index contributed by atoms with van der Waals surface area (Å²) in [6.07, 6.45) is 0. The number of carbonyl (C=O) groups excluding carboxylic acids is 1. The van der Waals surface area contributed by atoms with Crippen LogP contribution in [0.15, 0.2) is 75.9 Å². The Morgan fingerprint density at radius 3 is 2.00 bits per heavy atom. The summed E-state index contributed by atoms with van der Waals surface area (Å²) in [6, 6.07) is 18.8. The molecule has 6 heteroatoms. The first-order chi connectivity index (χ1) is 15.0. The molecule has 3 aromatic carbocycles. The molecule has 0 atom stereocenters. The van der Waals surface area contributed by atoms with Crippen LogP contribution in [0, 0.1) is 6.92 Å². The number of ether oxygens (including phenoxy) is 3. The van der Waals surface area contributed by atoms with Gasteiger partial charge in [0.15, 0.2) is 0 Å². The smallest absolute Gasteiger partial charge is 0.344 e. The molecule has 0 aliphatic rings. The molecular weight excluding hydrogens is 396 g/mol. The fourth-order valence-electron chi connectivity index (χ4n) is 3.38. The number of esters is 1. The molecule has 0 unspecified atom stereocenters. The quantitative estimate of drug-likeness (QED) is 0.259. The Bertz CT molecular complexity index is 1300. The van der Waals surface area contributed by atoms with Gasteiger partial charge < -0.3 is 18.6 Å². The lowest BCUT2D eigenvalue weighted by molar-refractivity contribution is 0.0735. The maximum Gasteiger partial charge on any atom is 0.344 e. The van der Waals surface area contributed by atoms with Crippen LogP contribution in [-0.2, 0) is 0 Å². The molecule has 4 aromatic rings. The third kappa shape index (κ3) is 4.00. The highest BCUT2D eigenvalue weighted by Gasteiger charge is 2.15. The van der Waals surface area contributed by atoms with Crippen molar-refractivity contribution in [1.29, 1.82) is 0 Å². The molecule has 0 radical (unpaired) electrons. The van der Waals surface area contributed by atoms with E-state index in [0.29, 0.717) is 28.2 Å². The Morgan fingerprint density at radius 2 is 1.39 bits per heavy atom. The highest BCUT2D eigenvalue weighted by Crippen LogP contribution is 2.30. The Kier molecular flexibility index (Phi) is 5.45. The van der Waals surface area contributed by atoms with Crippen LogP contribution in [0.4, 0.5) is 0 Å². The Labute approximate surface area is 178 Å². The largest absolute Gasteiger partial charge is 0.497 e. The summed E-state index contributed by atoms with van der Waals surface area (Å²) in [7, 11) is 3.14. The molecule has 0 saturated carbocycles. The molecule has 0 fully saturated rings. The third-order valence-electron chi connectivity index (χ3n) is 5.05. The van der Waals surface area contributed by atoms with Crippen molar-refractivity contribution < 1.29 is 23.4 Å². The van der Waals surface area contributed by atoms with Crippen molar-refractivity contribution in [3.63, 3.8) is 0 Å². The van der Waals surface area contributed by atoms with E-state index < -0.39 is 11.6 Å². The summed E-state index contributed by atoms with van der Waals surface area (Å²) < 4.78 is 21.3. The number of carbonyl (C=O) groups is 1. The lowest BCUT2D eigenvalue weighted by Gasteiger charge is -2.10. The van der Waals surface area contributed by atoms with E-state index in [9.17, 15) is 9.59 Å². The molecule has 156 valence electrons. The van der Waals surface area contributed by atoms with E-state index in [-0.39, 0.29) is 5.75 Å². The first-order valence-electron chi connectivity index (χ1n) is 9.58. The van der Waals surface area contributed by atoms with Gasteiger partial charge in [-0.2, -0.15) is 0 Å². The molecule has 1 aromatic heterocycles. The zero-order valence-corrected chi connectivity index (χ0v) is 17.3. The normalized spacial score (nSPS) is 10.7. The lowest BCUT2D eigenvalue weighted by atomic mass is 9.99. The maximum absolute atomic E-state index is 12.7. The van der Waals surface area contributed by atoms with E-state index in [1.54, 1.807) is 68.8 Å². The standard InChI is InChI=1S/C25H20O6/c1-15-21-13-12-20(30-24(26)17-6-10-19(29-3)11-7-17)14-22(21)31-25(27)23(15)16-4-8-18(28-2)9-5-16/h4-14H,1-3H3. The van der Waals surface area contributed by atoms with Crippen LogP contribution in [-0.4, -0.2) is 20.2 Å². The summed E-state index contributed by atoms with van der Waals surface area (Å²) in [5.41, 5.74) is 2.27. The number of methoxy groups -OCH3 is 2. The Morgan fingerprint density at radius 1 is 0.806 bits per heavy atom. The van der Waals surface area contributed by atoms with Gasteiger partial charge in [0.2, 0.25) is 0 Å². The predicted octanol–water partition coefficient (Wildman–Crippen LogP) is 5.00. The van der Waals surface area contributed by atoms with Crippen LogP contribution in [0.5, 0.6) is 17.2 Å². The monoisotopic (exact) mass is 416 g/mol. The summed E-state index contributed by atoms with van der Waals surface area (Å²) in [5.74, 6) is 1.12. The molecule has 0 N–H and O–H groups in total. The number of hydrogen-bond acceptors (Lipinski definition) is 6. The molecule has 1 heterocycles. The van der Waals surface area contributed by atoms with E-state index in [0.717, 1.165) is 16.5 Å². The van der Waals surface area contributed by atoms with E-state index in [1.165, 1.54) is 0 Å². The molecule has 6 nitrogen and oxygen atoms in total.